The van der Waals surface area contributed by atoms with E-state index in [4.69, 9.17) is 5.73 Å². The molecule has 0 saturated heterocycles. The third kappa shape index (κ3) is 8.78. The monoisotopic (exact) mass is 432 g/mol. The Labute approximate surface area is 156 Å². The summed E-state index contributed by atoms with van der Waals surface area (Å²) in [6.07, 6.45) is 1.27. The Morgan fingerprint density at radius 3 is 2.61 bits per heavy atom. The fourth-order valence-electron chi connectivity index (χ4n) is 1.89. The van der Waals surface area contributed by atoms with Crippen LogP contribution in [0.2, 0.25) is 0 Å². The highest BCUT2D eigenvalue weighted by Crippen LogP contribution is 2.18. The molecular formula is C17H29IN4O. The van der Waals surface area contributed by atoms with Crippen molar-refractivity contribution in [3.8, 4) is 0 Å². The lowest BCUT2D eigenvalue weighted by atomic mass is 10.0. The van der Waals surface area contributed by atoms with Crippen LogP contribution in [0, 0.1) is 0 Å². The molecular weight excluding hydrogens is 403 g/mol. The second-order valence-corrected chi connectivity index (χ2v) is 5.80. The molecule has 0 spiro atoms. The van der Waals surface area contributed by atoms with Gasteiger partial charge in [0, 0.05) is 18.2 Å². The van der Waals surface area contributed by atoms with Gasteiger partial charge in [-0.05, 0) is 37.0 Å². The van der Waals surface area contributed by atoms with Crippen molar-refractivity contribution in [1.82, 2.24) is 5.32 Å². The van der Waals surface area contributed by atoms with E-state index in [2.05, 4.69) is 41.6 Å². The number of halogens is 1. The maximum Gasteiger partial charge on any atom is 0.222 e. The lowest BCUT2D eigenvalue weighted by Crippen LogP contribution is -2.32. The lowest BCUT2D eigenvalue weighted by molar-refractivity contribution is -0.121. The van der Waals surface area contributed by atoms with Crippen molar-refractivity contribution in [2.75, 3.05) is 11.9 Å². The summed E-state index contributed by atoms with van der Waals surface area (Å²) in [4.78, 5) is 15.8. The van der Waals surface area contributed by atoms with Crippen molar-refractivity contribution in [3.63, 3.8) is 0 Å². The van der Waals surface area contributed by atoms with Crippen LogP contribution in [0.5, 0.6) is 0 Å². The molecule has 1 aromatic carbocycles. The van der Waals surface area contributed by atoms with Crippen LogP contribution >= 0.6 is 24.0 Å². The van der Waals surface area contributed by atoms with Crippen molar-refractivity contribution in [1.29, 1.82) is 0 Å². The Kier molecular flexibility index (Phi) is 10.6. The van der Waals surface area contributed by atoms with Gasteiger partial charge in [-0.25, -0.2) is 0 Å². The number of rotatable bonds is 7. The minimum absolute atomic E-state index is 0. The summed E-state index contributed by atoms with van der Waals surface area (Å²) < 4.78 is 0. The van der Waals surface area contributed by atoms with E-state index in [1.807, 2.05) is 26.0 Å². The zero-order chi connectivity index (χ0) is 16.5. The van der Waals surface area contributed by atoms with Gasteiger partial charge in [-0.2, -0.15) is 0 Å². The average Bonchev–Trinajstić information content (AvgIpc) is 2.47. The van der Waals surface area contributed by atoms with Crippen molar-refractivity contribution in [3.05, 3.63) is 29.8 Å². The Balaban J connectivity index is 0.00000484. The number of nitrogens with zero attached hydrogens (tertiary/aromatic N) is 1. The predicted molar refractivity (Wildman–Crippen MR) is 109 cm³/mol. The Hall–Kier alpha value is -1.31. The SMILES string of the molecule is CCC(C)NC(=O)CCN=C(N)Nc1cccc(C(C)C)c1.I. The minimum Gasteiger partial charge on any atom is -0.370 e. The Morgan fingerprint density at radius 1 is 1.30 bits per heavy atom. The number of benzene rings is 1. The van der Waals surface area contributed by atoms with Crippen LogP contribution in [0.3, 0.4) is 0 Å². The van der Waals surface area contributed by atoms with Crippen molar-refractivity contribution in [2.24, 2.45) is 10.7 Å². The second-order valence-electron chi connectivity index (χ2n) is 5.80. The number of nitrogens with one attached hydrogen (secondary N) is 2. The maximum atomic E-state index is 11.6. The van der Waals surface area contributed by atoms with Gasteiger partial charge in [-0.3, -0.25) is 9.79 Å². The zero-order valence-corrected chi connectivity index (χ0v) is 16.8. The van der Waals surface area contributed by atoms with Gasteiger partial charge in [0.05, 0.1) is 6.54 Å². The molecule has 5 nitrogen and oxygen atoms in total. The van der Waals surface area contributed by atoms with Crippen LogP contribution in [-0.4, -0.2) is 24.5 Å². The highest BCUT2D eigenvalue weighted by atomic mass is 127. The third-order valence-electron chi connectivity index (χ3n) is 3.47. The Bertz CT molecular complexity index is 517. The van der Waals surface area contributed by atoms with Gasteiger partial charge < -0.3 is 16.4 Å². The molecule has 1 aromatic rings. The smallest absolute Gasteiger partial charge is 0.222 e. The standard InChI is InChI=1S/C17H28N4O.HI/c1-5-13(4)20-16(22)9-10-19-17(18)21-15-8-6-7-14(11-15)12(2)3;/h6-8,11-13H,5,9-10H2,1-4H3,(H,20,22)(H3,18,19,21);1H. The van der Waals surface area contributed by atoms with Crippen molar-refractivity contribution < 1.29 is 4.79 Å². The summed E-state index contributed by atoms with van der Waals surface area (Å²) in [6.45, 7) is 8.69. The van der Waals surface area contributed by atoms with Crippen LogP contribution in [-0.2, 0) is 4.79 Å². The molecule has 0 heterocycles. The fourth-order valence-corrected chi connectivity index (χ4v) is 1.89. The van der Waals surface area contributed by atoms with Gasteiger partial charge in [0.25, 0.3) is 0 Å². The largest absolute Gasteiger partial charge is 0.370 e. The number of hydrogen-bond acceptors (Lipinski definition) is 2. The molecule has 0 saturated carbocycles. The van der Waals surface area contributed by atoms with Gasteiger partial charge in [-0.1, -0.05) is 32.9 Å². The molecule has 23 heavy (non-hydrogen) atoms. The second kappa shape index (κ2) is 11.3. The Morgan fingerprint density at radius 2 is 2.00 bits per heavy atom. The number of nitrogens with two attached hydrogens (primary N) is 1. The van der Waals surface area contributed by atoms with Gasteiger partial charge in [0.1, 0.15) is 0 Å². The van der Waals surface area contributed by atoms with E-state index in [0.29, 0.717) is 24.8 Å². The molecule has 0 aromatic heterocycles. The quantitative estimate of drug-likeness (QED) is 0.351. The first-order chi connectivity index (χ1) is 10.4. The summed E-state index contributed by atoms with van der Waals surface area (Å²) in [5.74, 6) is 0.800. The molecule has 6 heteroatoms. The average molecular weight is 432 g/mol. The van der Waals surface area contributed by atoms with Gasteiger partial charge in [0.15, 0.2) is 5.96 Å². The van der Waals surface area contributed by atoms with Crippen LogP contribution in [0.1, 0.15) is 52.0 Å². The van der Waals surface area contributed by atoms with Crippen LogP contribution in [0.15, 0.2) is 29.3 Å². The molecule has 130 valence electrons. The zero-order valence-electron chi connectivity index (χ0n) is 14.4. The summed E-state index contributed by atoms with van der Waals surface area (Å²) in [5.41, 5.74) is 8.01. The number of guanidine groups is 1. The van der Waals surface area contributed by atoms with E-state index in [9.17, 15) is 4.79 Å². The molecule has 0 aliphatic rings. The number of anilines is 1. The molecule has 0 fully saturated rings. The van der Waals surface area contributed by atoms with Crippen molar-refractivity contribution in [2.45, 2.75) is 52.5 Å². The highest BCUT2D eigenvalue weighted by Gasteiger charge is 2.05. The number of amides is 1. The fraction of sp³-hybridized carbons (Fsp3) is 0.529. The number of aliphatic imine (C=N–C) groups is 1. The summed E-state index contributed by atoms with van der Waals surface area (Å²) in [5, 5.41) is 5.96. The van der Waals surface area contributed by atoms with Crippen LogP contribution in [0.4, 0.5) is 5.69 Å². The predicted octanol–water partition coefficient (Wildman–Crippen LogP) is 3.46. The summed E-state index contributed by atoms with van der Waals surface area (Å²) in [7, 11) is 0. The highest BCUT2D eigenvalue weighted by molar-refractivity contribution is 14.0. The topological polar surface area (TPSA) is 79.5 Å². The first-order valence-electron chi connectivity index (χ1n) is 7.88. The summed E-state index contributed by atoms with van der Waals surface area (Å²) >= 11 is 0. The molecule has 1 atom stereocenters. The van der Waals surface area contributed by atoms with E-state index >= 15 is 0 Å². The lowest BCUT2D eigenvalue weighted by Gasteiger charge is -2.11. The van der Waals surface area contributed by atoms with Gasteiger partial charge in [-0.15, -0.1) is 24.0 Å². The molecule has 1 amide bonds. The summed E-state index contributed by atoms with van der Waals surface area (Å²) in [6, 6.07) is 8.28. The molecule has 0 aliphatic carbocycles. The molecule has 0 radical (unpaired) electrons. The third-order valence-corrected chi connectivity index (χ3v) is 3.47. The normalized spacial score (nSPS) is 12.5. The van der Waals surface area contributed by atoms with E-state index in [-0.39, 0.29) is 35.9 Å². The minimum atomic E-state index is 0. The van der Waals surface area contributed by atoms with E-state index in [1.54, 1.807) is 0 Å². The molecule has 1 rings (SSSR count). The van der Waals surface area contributed by atoms with E-state index < -0.39 is 0 Å². The van der Waals surface area contributed by atoms with Gasteiger partial charge >= 0.3 is 0 Å². The molecule has 0 bridgehead atoms. The van der Waals surface area contributed by atoms with Crippen molar-refractivity contribution >= 4 is 41.5 Å². The van der Waals surface area contributed by atoms with E-state index in [0.717, 1.165) is 12.1 Å². The molecule has 1 unspecified atom stereocenters. The first-order valence-corrected chi connectivity index (χ1v) is 7.88. The number of carbonyl (C=O) groups excluding carboxylic acids is 1. The van der Waals surface area contributed by atoms with E-state index in [1.165, 1.54) is 5.56 Å². The number of hydrogen-bond donors (Lipinski definition) is 3. The van der Waals surface area contributed by atoms with Crippen LogP contribution in [0.25, 0.3) is 0 Å². The number of carbonyl (C=O) groups is 1. The van der Waals surface area contributed by atoms with Gasteiger partial charge in [0.2, 0.25) is 5.91 Å². The molecule has 4 N–H and O–H groups in total. The first kappa shape index (κ1) is 21.7. The van der Waals surface area contributed by atoms with Crippen LogP contribution < -0.4 is 16.4 Å². The maximum absolute atomic E-state index is 11.6. The molecule has 0 aliphatic heterocycles.